The molecular weight excluding hydrogens is 279 g/mol. The Morgan fingerprint density at radius 1 is 1.45 bits per heavy atom. The third kappa shape index (κ3) is 4.10. The van der Waals surface area contributed by atoms with E-state index >= 15 is 0 Å². The molecule has 9 heteroatoms. The molecule has 0 spiro atoms. The van der Waals surface area contributed by atoms with E-state index in [0.717, 1.165) is 12.1 Å². The normalized spacial score (nSPS) is 10.9. The molecule has 0 aliphatic rings. The zero-order valence-electron chi connectivity index (χ0n) is 10.1. The van der Waals surface area contributed by atoms with Crippen LogP contribution in [-0.2, 0) is 0 Å². The van der Waals surface area contributed by atoms with E-state index in [1.807, 2.05) is 0 Å². The van der Waals surface area contributed by atoms with Crippen LogP contribution in [0.5, 0.6) is 0 Å². The topological polar surface area (TPSA) is 90.4 Å². The molecule has 0 atom stereocenters. The van der Waals surface area contributed by atoms with Crippen molar-refractivity contribution in [2.24, 2.45) is 0 Å². The second-order valence-electron chi connectivity index (χ2n) is 3.83. The summed E-state index contributed by atoms with van der Waals surface area (Å²) in [7, 11) is 0. The Kier molecular flexibility index (Phi) is 4.88. The number of nitrogens with zero attached hydrogens (tertiary/aromatic N) is 3. The largest absolute Gasteiger partial charge is 0.405 e. The van der Waals surface area contributed by atoms with Crippen LogP contribution in [0.2, 0.25) is 0 Å². The van der Waals surface area contributed by atoms with Crippen LogP contribution in [0.1, 0.15) is 5.56 Å². The molecule has 108 valence electrons. The second kappa shape index (κ2) is 6.21. The van der Waals surface area contributed by atoms with Crippen LogP contribution in [0.4, 0.5) is 24.5 Å². The quantitative estimate of drug-likeness (QED) is 0.659. The van der Waals surface area contributed by atoms with Gasteiger partial charge in [0.1, 0.15) is 12.2 Å². The lowest BCUT2D eigenvalue weighted by atomic mass is 10.1. The maximum absolute atomic E-state index is 12.4. The van der Waals surface area contributed by atoms with Gasteiger partial charge in [-0.25, -0.2) is 0 Å². The van der Waals surface area contributed by atoms with Crippen LogP contribution in [-0.4, -0.2) is 35.9 Å². The van der Waals surface area contributed by atoms with E-state index in [4.69, 9.17) is 10.4 Å². The fourth-order valence-electron chi connectivity index (χ4n) is 1.63. The Labute approximate surface area is 111 Å². The molecule has 0 bridgehead atoms. The third-order valence-electron chi connectivity index (χ3n) is 2.38. The summed E-state index contributed by atoms with van der Waals surface area (Å²) in [5, 5.41) is 28.3. The highest BCUT2D eigenvalue weighted by Crippen LogP contribution is 2.31. The van der Waals surface area contributed by atoms with E-state index in [2.05, 4.69) is 0 Å². The van der Waals surface area contributed by atoms with Crippen molar-refractivity contribution in [2.75, 3.05) is 24.6 Å². The molecule has 0 aromatic heterocycles. The smallest absolute Gasteiger partial charge is 0.395 e. The molecule has 1 rings (SSSR count). The zero-order valence-corrected chi connectivity index (χ0v) is 10.1. The van der Waals surface area contributed by atoms with Gasteiger partial charge in [0.2, 0.25) is 0 Å². The Hall–Kier alpha value is -2.34. The van der Waals surface area contributed by atoms with Crippen molar-refractivity contribution in [1.29, 1.82) is 5.26 Å². The molecule has 6 nitrogen and oxygen atoms in total. The first kappa shape index (κ1) is 15.7. The third-order valence-corrected chi connectivity index (χ3v) is 2.38. The molecule has 1 aromatic carbocycles. The number of nitriles is 1. The molecule has 0 saturated carbocycles. The lowest BCUT2D eigenvalue weighted by Crippen LogP contribution is -2.36. The summed E-state index contributed by atoms with van der Waals surface area (Å²) < 4.78 is 37.3. The fourth-order valence-corrected chi connectivity index (χ4v) is 1.63. The molecule has 0 unspecified atom stereocenters. The fraction of sp³-hybridized carbons (Fsp3) is 0.364. The number of alkyl halides is 3. The molecule has 1 N–H and O–H groups in total. The van der Waals surface area contributed by atoms with Crippen LogP contribution in [0.15, 0.2) is 18.2 Å². The van der Waals surface area contributed by atoms with Gasteiger partial charge in [0, 0.05) is 12.6 Å². The molecule has 0 fully saturated rings. The molecule has 0 amide bonds. The number of benzene rings is 1. The van der Waals surface area contributed by atoms with Gasteiger partial charge in [-0.05, 0) is 12.1 Å². The van der Waals surface area contributed by atoms with Crippen LogP contribution in [0.25, 0.3) is 0 Å². The number of aliphatic hydroxyl groups excluding tert-OH is 1. The van der Waals surface area contributed by atoms with Gasteiger partial charge in [-0.1, -0.05) is 0 Å². The molecule has 20 heavy (non-hydrogen) atoms. The van der Waals surface area contributed by atoms with Crippen molar-refractivity contribution in [2.45, 2.75) is 6.18 Å². The van der Waals surface area contributed by atoms with Crippen molar-refractivity contribution in [3.8, 4) is 6.07 Å². The standard InChI is InChI=1S/C11H10F3N3O3/c12-11(13,14)7-16(3-4-18)9-2-1-8(6-15)5-10(9)17(19)20/h1-2,5,18H,3-4,7H2. The first-order valence-corrected chi connectivity index (χ1v) is 5.39. The van der Waals surface area contributed by atoms with Gasteiger partial charge >= 0.3 is 6.18 Å². The van der Waals surface area contributed by atoms with Crippen LogP contribution < -0.4 is 4.90 Å². The van der Waals surface area contributed by atoms with E-state index in [1.165, 1.54) is 6.07 Å². The Morgan fingerprint density at radius 2 is 2.10 bits per heavy atom. The summed E-state index contributed by atoms with van der Waals surface area (Å²) in [4.78, 5) is 10.7. The lowest BCUT2D eigenvalue weighted by Gasteiger charge is -2.24. The number of hydrogen-bond acceptors (Lipinski definition) is 5. The lowest BCUT2D eigenvalue weighted by molar-refractivity contribution is -0.384. The molecule has 0 saturated heterocycles. The van der Waals surface area contributed by atoms with Gasteiger partial charge in [0.25, 0.3) is 5.69 Å². The van der Waals surface area contributed by atoms with Gasteiger partial charge in [0.15, 0.2) is 0 Å². The van der Waals surface area contributed by atoms with Crippen molar-refractivity contribution in [3.63, 3.8) is 0 Å². The van der Waals surface area contributed by atoms with E-state index in [9.17, 15) is 23.3 Å². The first-order chi connectivity index (χ1) is 9.28. The minimum atomic E-state index is -4.57. The Morgan fingerprint density at radius 3 is 2.55 bits per heavy atom. The summed E-state index contributed by atoms with van der Waals surface area (Å²) in [6.45, 7) is -2.43. The average molecular weight is 289 g/mol. The van der Waals surface area contributed by atoms with E-state index < -0.39 is 36.5 Å². The molecule has 0 aliphatic carbocycles. The van der Waals surface area contributed by atoms with Crippen molar-refractivity contribution in [3.05, 3.63) is 33.9 Å². The number of rotatable bonds is 5. The summed E-state index contributed by atoms with van der Waals surface area (Å²) in [5.41, 5.74) is -0.932. The van der Waals surface area contributed by atoms with Crippen LogP contribution >= 0.6 is 0 Å². The van der Waals surface area contributed by atoms with Crippen LogP contribution in [0.3, 0.4) is 0 Å². The average Bonchev–Trinajstić information content (AvgIpc) is 2.36. The summed E-state index contributed by atoms with van der Waals surface area (Å²) in [6.07, 6.45) is -4.57. The van der Waals surface area contributed by atoms with Crippen molar-refractivity contribution < 1.29 is 23.2 Å². The monoisotopic (exact) mass is 289 g/mol. The first-order valence-electron chi connectivity index (χ1n) is 5.39. The SMILES string of the molecule is N#Cc1ccc(N(CCO)CC(F)(F)F)c([N+](=O)[O-])c1. The highest BCUT2D eigenvalue weighted by atomic mass is 19.4. The predicted molar refractivity (Wildman–Crippen MR) is 63.2 cm³/mol. The number of halogens is 3. The van der Waals surface area contributed by atoms with Crippen molar-refractivity contribution in [1.82, 2.24) is 0 Å². The minimum absolute atomic E-state index is 0.0311. The number of aliphatic hydroxyl groups is 1. The van der Waals surface area contributed by atoms with Crippen molar-refractivity contribution >= 4 is 11.4 Å². The summed E-state index contributed by atoms with van der Waals surface area (Å²) in [5.74, 6) is 0. The number of nitro benzene ring substituents is 1. The number of nitro groups is 1. The molecule has 0 heterocycles. The van der Waals surface area contributed by atoms with Gasteiger partial charge in [-0.15, -0.1) is 0 Å². The highest BCUT2D eigenvalue weighted by Gasteiger charge is 2.33. The Balaban J connectivity index is 3.25. The van der Waals surface area contributed by atoms with Gasteiger partial charge in [-0.2, -0.15) is 18.4 Å². The van der Waals surface area contributed by atoms with Gasteiger partial charge in [0.05, 0.1) is 23.2 Å². The zero-order chi connectivity index (χ0) is 15.3. The second-order valence-corrected chi connectivity index (χ2v) is 3.83. The summed E-state index contributed by atoms with van der Waals surface area (Å²) >= 11 is 0. The molecule has 0 aliphatic heterocycles. The summed E-state index contributed by atoms with van der Waals surface area (Å²) in [6, 6.07) is 4.82. The maximum Gasteiger partial charge on any atom is 0.405 e. The number of anilines is 1. The minimum Gasteiger partial charge on any atom is -0.395 e. The molecule has 0 radical (unpaired) electrons. The highest BCUT2D eigenvalue weighted by molar-refractivity contribution is 5.65. The van der Waals surface area contributed by atoms with Crippen LogP contribution in [0, 0.1) is 21.4 Å². The van der Waals surface area contributed by atoms with E-state index in [1.54, 1.807) is 6.07 Å². The van der Waals surface area contributed by atoms with E-state index in [-0.39, 0.29) is 11.3 Å². The number of hydrogen-bond donors (Lipinski definition) is 1. The van der Waals surface area contributed by atoms with E-state index in [0.29, 0.717) is 4.90 Å². The predicted octanol–water partition coefficient (Wildman–Crippen LogP) is 1.83. The van der Waals surface area contributed by atoms with Gasteiger partial charge < -0.3 is 10.0 Å². The molecular formula is C11H10F3N3O3. The molecule has 1 aromatic rings. The maximum atomic E-state index is 12.4. The Bertz CT molecular complexity index is 540. The van der Waals surface area contributed by atoms with Gasteiger partial charge in [-0.3, -0.25) is 10.1 Å².